The van der Waals surface area contributed by atoms with Crippen molar-refractivity contribution >= 4 is 22.4 Å². The van der Waals surface area contributed by atoms with Crippen molar-refractivity contribution in [2.75, 3.05) is 13.0 Å². The first-order valence-corrected chi connectivity index (χ1v) is 5.49. The molecule has 0 aromatic heterocycles. The fraction of sp³-hybridized carbons (Fsp3) is 0.143. The van der Waals surface area contributed by atoms with Gasteiger partial charge in [-0.15, -0.1) is 11.6 Å². The molecule has 0 aliphatic rings. The van der Waals surface area contributed by atoms with Gasteiger partial charge in [-0.1, -0.05) is 24.0 Å². The molecule has 0 atom stereocenters. The molecule has 0 heterocycles. The summed E-state index contributed by atoms with van der Waals surface area (Å²) in [6, 6.07) is 12.1. The van der Waals surface area contributed by atoms with Gasteiger partial charge in [-0.05, 0) is 35.0 Å². The van der Waals surface area contributed by atoms with E-state index < -0.39 is 0 Å². The molecule has 2 aromatic rings. The normalized spacial score (nSPS) is 9.62. The maximum Gasteiger partial charge on any atom is 0.119 e. The number of halogens is 1. The number of ether oxygens (including phenoxy) is 1. The molecule has 2 rings (SSSR count). The van der Waals surface area contributed by atoms with Crippen molar-refractivity contribution in [3.63, 3.8) is 0 Å². The van der Waals surface area contributed by atoms with Crippen molar-refractivity contribution in [2.45, 2.75) is 0 Å². The molecular formula is C14H11ClO. The van der Waals surface area contributed by atoms with Gasteiger partial charge in [0.2, 0.25) is 0 Å². The van der Waals surface area contributed by atoms with Crippen LogP contribution in [0.25, 0.3) is 10.8 Å². The van der Waals surface area contributed by atoms with E-state index in [1.165, 1.54) is 0 Å². The van der Waals surface area contributed by atoms with E-state index >= 15 is 0 Å². The lowest BCUT2D eigenvalue weighted by atomic mass is 10.1. The second-order valence-electron chi connectivity index (χ2n) is 3.36. The fourth-order valence-electron chi connectivity index (χ4n) is 1.56. The van der Waals surface area contributed by atoms with Crippen molar-refractivity contribution in [2.24, 2.45) is 0 Å². The first-order chi connectivity index (χ1) is 7.83. The summed E-state index contributed by atoms with van der Waals surface area (Å²) in [5.41, 5.74) is 0.985. The Hall–Kier alpha value is -1.65. The minimum atomic E-state index is 0.362. The van der Waals surface area contributed by atoms with Crippen molar-refractivity contribution < 1.29 is 4.74 Å². The summed E-state index contributed by atoms with van der Waals surface area (Å²) < 4.78 is 5.17. The number of alkyl halides is 1. The summed E-state index contributed by atoms with van der Waals surface area (Å²) in [6.07, 6.45) is 0. The van der Waals surface area contributed by atoms with Crippen LogP contribution in [0.2, 0.25) is 0 Å². The van der Waals surface area contributed by atoms with E-state index in [4.69, 9.17) is 16.3 Å². The largest absolute Gasteiger partial charge is 0.497 e. The van der Waals surface area contributed by atoms with Gasteiger partial charge in [0.15, 0.2) is 0 Å². The van der Waals surface area contributed by atoms with Crippen molar-refractivity contribution in [3.8, 4) is 17.6 Å². The molecule has 0 aliphatic heterocycles. The Morgan fingerprint density at radius 2 is 1.88 bits per heavy atom. The maximum absolute atomic E-state index is 5.52. The Balaban J connectivity index is 2.47. The third kappa shape index (κ3) is 2.29. The average Bonchev–Trinajstić information content (AvgIpc) is 2.35. The molecule has 0 bridgehead atoms. The topological polar surface area (TPSA) is 9.23 Å². The molecule has 2 aromatic carbocycles. The predicted molar refractivity (Wildman–Crippen MR) is 68.1 cm³/mol. The van der Waals surface area contributed by atoms with Crippen molar-refractivity contribution in [1.29, 1.82) is 0 Å². The molecule has 0 unspecified atom stereocenters. The quantitative estimate of drug-likeness (QED) is 0.539. The van der Waals surface area contributed by atoms with Crippen LogP contribution in [0.1, 0.15) is 5.56 Å². The third-order valence-corrected chi connectivity index (χ3v) is 2.48. The van der Waals surface area contributed by atoms with Crippen LogP contribution in [-0.2, 0) is 0 Å². The van der Waals surface area contributed by atoms with Crippen LogP contribution in [-0.4, -0.2) is 13.0 Å². The van der Waals surface area contributed by atoms with E-state index in [9.17, 15) is 0 Å². The Morgan fingerprint density at radius 1 is 1.12 bits per heavy atom. The van der Waals surface area contributed by atoms with Crippen LogP contribution < -0.4 is 4.74 Å². The molecular weight excluding hydrogens is 220 g/mol. The summed E-state index contributed by atoms with van der Waals surface area (Å²) >= 11 is 5.52. The van der Waals surface area contributed by atoms with Crippen LogP contribution in [0.5, 0.6) is 5.75 Å². The molecule has 0 saturated heterocycles. The summed E-state index contributed by atoms with van der Waals surface area (Å²) in [6.45, 7) is 0. The van der Waals surface area contributed by atoms with E-state index in [0.717, 1.165) is 22.1 Å². The number of hydrogen-bond acceptors (Lipinski definition) is 1. The molecule has 16 heavy (non-hydrogen) atoms. The minimum Gasteiger partial charge on any atom is -0.497 e. The molecule has 80 valence electrons. The molecule has 2 heteroatoms. The molecule has 0 amide bonds. The molecule has 1 nitrogen and oxygen atoms in total. The highest BCUT2D eigenvalue weighted by Gasteiger charge is 1.96. The Morgan fingerprint density at radius 3 is 2.62 bits per heavy atom. The van der Waals surface area contributed by atoms with Crippen LogP contribution >= 0.6 is 11.6 Å². The highest BCUT2D eigenvalue weighted by molar-refractivity contribution is 6.19. The second kappa shape index (κ2) is 4.92. The van der Waals surface area contributed by atoms with Gasteiger partial charge in [-0.25, -0.2) is 0 Å². The van der Waals surface area contributed by atoms with Gasteiger partial charge in [0.25, 0.3) is 0 Å². The van der Waals surface area contributed by atoms with Gasteiger partial charge in [0, 0.05) is 5.56 Å². The Kier molecular flexibility index (Phi) is 3.34. The first kappa shape index (κ1) is 10.9. The van der Waals surface area contributed by atoms with Crippen molar-refractivity contribution in [3.05, 3.63) is 42.0 Å². The van der Waals surface area contributed by atoms with Crippen LogP contribution in [0, 0.1) is 11.8 Å². The van der Waals surface area contributed by atoms with E-state index in [0.29, 0.717) is 5.88 Å². The lowest BCUT2D eigenvalue weighted by Crippen LogP contribution is -1.83. The first-order valence-electron chi connectivity index (χ1n) is 4.96. The maximum atomic E-state index is 5.52. The van der Waals surface area contributed by atoms with Gasteiger partial charge in [0.1, 0.15) is 5.75 Å². The lowest BCUT2D eigenvalue weighted by molar-refractivity contribution is 0.415. The lowest BCUT2D eigenvalue weighted by Gasteiger charge is -2.02. The smallest absolute Gasteiger partial charge is 0.119 e. The molecule has 0 fully saturated rings. The number of rotatable bonds is 1. The summed E-state index contributed by atoms with van der Waals surface area (Å²) in [5, 5.41) is 2.30. The summed E-state index contributed by atoms with van der Waals surface area (Å²) in [4.78, 5) is 0. The van der Waals surface area contributed by atoms with Gasteiger partial charge < -0.3 is 4.74 Å². The Bertz CT molecular complexity index is 564. The minimum absolute atomic E-state index is 0.362. The predicted octanol–water partition coefficient (Wildman–Crippen LogP) is 3.44. The van der Waals surface area contributed by atoms with E-state index in [1.54, 1.807) is 7.11 Å². The number of methoxy groups -OCH3 is 1. The monoisotopic (exact) mass is 230 g/mol. The molecule has 0 N–H and O–H groups in total. The SMILES string of the molecule is COc1ccc2cc(C#CCCl)ccc2c1. The number of fused-ring (bicyclic) bond motifs is 1. The zero-order chi connectivity index (χ0) is 11.4. The van der Waals surface area contributed by atoms with Gasteiger partial charge >= 0.3 is 0 Å². The Labute approximate surface area is 100.0 Å². The summed E-state index contributed by atoms with van der Waals surface area (Å²) in [5.74, 6) is 7.07. The van der Waals surface area contributed by atoms with E-state index in [2.05, 4.69) is 11.8 Å². The van der Waals surface area contributed by atoms with E-state index in [1.807, 2.05) is 36.4 Å². The standard InChI is InChI=1S/C14H11ClO/c1-16-14-7-6-12-9-11(3-2-8-15)4-5-13(12)10-14/h4-7,9-10H,8H2,1H3. The third-order valence-electron chi connectivity index (χ3n) is 2.35. The average molecular weight is 231 g/mol. The zero-order valence-electron chi connectivity index (χ0n) is 8.96. The van der Waals surface area contributed by atoms with Crippen molar-refractivity contribution in [1.82, 2.24) is 0 Å². The van der Waals surface area contributed by atoms with Crippen LogP contribution in [0.15, 0.2) is 36.4 Å². The van der Waals surface area contributed by atoms with Crippen LogP contribution in [0.3, 0.4) is 0 Å². The van der Waals surface area contributed by atoms with Gasteiger partial charge in [0.05, 0.1) is 13.0 Å². The molecule has 0 saturated carbocycles. The molecule has 0 spiro atoms. The highest BCUT2D eigenvalue weighted by Crippen LogP contribution is 2.21. The summed E-state index contributed by atoms with van der Waals surface area (Å²) in [7, 11) is 1.67. The van der Waals surface area contributed by atoms with Gasteiger partial charge in [-0.3, -0.25) is 0 Å². The zero-order valence-corrected chi connectivity index (χ0v) is 9.71. The fourth-order valence-corrected chi connectivity index (χ4v) is 1.63. The van der Waals surface area contributed by atoms with Gasteiger partial charge in [-0.2, -0.15) is 0 Å². The van der Waals surface area contributed by atoms with E-state index in [-0.39, 0.29) is 0 Å². The highest BCUT2D eigenvalue weighted by atomic mass is 35.5. The number of benzene rings is 2. The number of hydrogen-bond donors (Lipinski definition) is 0. The second-order valence-corrected chi connectivity index (χ2v) is 3.63. The molecule has 0 aliphatic carbocycles. The molecule has 0 radical (unpaired) electrons. The van der Waals surface area contributed by atoms with Crippen LogP contribution in [0.4, 0.5) is 0 Å².